The summed E-state index contributed by atoms with van der Waals surface area (Å²) in [4.78, 5) is 28.8. The monoisotopic (exact) mass is 491 g/mol. The third-order valence-electron chi connectivity index (χ3n) is 6.44. The van der Waals surface area contributed by atoms with Crippen molar-refractivity contribution in [3.8, 4) is 0 Å². The first kappa shape index (κ1) is 24.1. The van der Waals surface area contributed by atoms with Crippen LogP contribution in [0.1, 0.15) is 26.2 Å². The topological polar surface area (TPSA) is 86.8 Å². The molecule has 2 aromatic carbocycles. The van der Waals surface area contributed by atoms with E-state index in [0.29, 0.717) is 30.8 Å². The maximum Gasteiger partial charge on any atom is 0.227 e. The Kier molecular flexibility index (Phi) is 6.88. The van der Waals surface area contributed by atoms with E-state index in [1.54, 1.807) is 31.2 Å². The van der Waals surface area contributed by atoms with Gasteiger partial charge in [-0.3, -0.25) is 9.59 Å². The van der Waals surface area contributed by atoms with Crippen LogP contribution in [0.4, 0.5) is 20.2 Å². The number of nitrogens with zero attached hydrogens (tertiary/aromatic N) is 2. The molecule has 2 saturated heterocycles. The van der Waals surface area contributed by atoms with Gasteiger partial charge in [0.05, 0.1) is 16.6 Å². The summed E-state index contributed by atoms with van der Waals surface area (Å²) in [5.41, 5.74) is 1.04. The highest BCUT2D eigenvalue weighted by Gasteiger charge is 2.36. The number of carbonyl (C=O) groups excluding carboxylic acids is 2. The van der Waals surface area contributed by atoms with Crippen molar-refractivity contribution in [1.82, 2.24) is 5.32 Å². The fourth-order valence-electron chi connectivity index (χ4n) is 4.46. The van der Waals surface area contributed by atoms with E-state index >= 15 is 0 Å². The molecule has 2 heterocycles. The molecule has 0 aromatic heterocycles. The molecule has 34 heavy (non-hydrogen) atoms. The molecule has 0 bridgehead atoms. The Morgan fingerprint density at radius 2 is 1.65 bits per heavy atom. The Bertz CT molecular complexity index is 1160. The number of sulfone groups is 1. The maximum absolute atomic E-state index is 13.5. The molecule has 182 valence electrons. The third kappa shape index (κ3) is 5.22. The van der Waals surface area contributed by atoms with Crippen LogP contribution in [0, 0.1) is 17.6 Å². The van der Waals surface area contributed by atoms with Crippen molar-refractivity contribution in [3.05, 3.63) is 54.1 Å². The Morgan fingerprint density at radius 1 is 1.03 bits per heavy atom. The van der Waals surface area contributed by atoms with Gasteiger partial charge in [0.2, 0.25) is 11.8 Å². The lowest BCUT2D eigenvalue weighted by molar-refractivity contribution is -0.127. The third-order valence-corrected chi connectivity index (χ3v) is 8.19. The van der Waals surface area contributed by atoms with Crippen LogP contribution in [0.15, 0.2) is 47.4 Å². The quantitative estimate of drug-likeness (QED) is 0.672. The molecular weight excluding hydrogens is 464 g/mol. The first-order chi connectivity index (χ1) is 16.2. The zero-order valence-corrected chi connectivity index (χ0v) is 19.7. The average Bonchev–Trinajstić information content (AvgIpc) is 3.21. The highest BCUT2D eigenvalue weighted by molar-refractivity contribution is 7.91. The highest BCUT2D eigenvalue weighted by atomic mass is 32.2. The lowest BCUT2D eigenvalue weighted by atomic mass is 10.0. The summed E-state index contributed by atoms with van der Waals surface area (Å²) in [5, 5.41) is 3.01. The Morgan fingerprint density at radius 3 is 2.24 bits per heavy atom. The van der Waals surface area contributed by atoms with Gasteiger partial charge in [0, 0.05) is 49.5 Å². The van der Waals surface area contributed by atoms with Crippen molar-refractivity contribution in [2.45, 2.75) is 37.1 Å². The Hall–Kier alpha value is -3.01. The van der Waals surface area contributed by atoms with Gasteiger partial charge in [-0.25, -0.2) is 17.2 Å². The van der Waals surface area contributed by atoms with Gasteiger partial charge in [0.15, 0.2) is 9.84 Å². The van der Waals surface area contributed by atoms with Gasteiger partial charge in [0.25, 0.3) is 0 Å². The van der Waals surface area contributed by atoms with Crippen LogP contribution in [0.3, 0.4) is 0 Å². The average molecular weight is 492 g/mol. The molecule has 10 heteroatoms. The summed E-state index contributed by atoms with van der Waals surface area (Å²) in [6.07, 6.45) is 1.41. The fourth-order valence-corrected chi connectivity index (χ4v) is 5.34. The van der Waals surface area contributed by atoms with Gasteiger partial charge >= 0.3 is 0 Å². The number of halogens is 2. The lowest BCUT2D eigenvalue weighted by Crippen LogP contribution is -2.46. The second kappa shape index (κ2) is 9.69. The molecule has 2 aliphatic heterocycles. The summed E-state index contributed by atoms with van der Waals surface area (Å²) in [7, 11) is -3.24. The molecule has 2 aromatic rings. The molecular formula is C24H27F2N3O4S. The molecule has 0 saturated carbocycles. The van der Waals surface area contributed by atoms with Crippen molar-refractivity contribution in [3.63, 3.8) is 0 Å². The van der Waals surface area contributed by atoms with Crippen LogP contribution < -0.4 is 15.1 Å². The summed E-state index contributed by atoms with van der Waals surface area (Å²) < 4.78 is 51.0. The number of rotatable bonds is 6. The van der Waals surface area contributed by atoms with Crippen molar-refractivity contribution < 1.29 is 26.8 Å². The second-order valence-electron chi connectivity index (χ2n) is 8.70. The van der Waals surface area contributed by atoms with Crippen LogP contribution in [-0.4, -0.2) is 51.7 Å². The van der Waals surface area contributed by atoms with E-state index in [4.69, 9.17) is 0 Å². The molecule has 0 aliphatic carbocycles. The normalized spacial score (nSPS) is 19.5. The summed E-state index contributed by atoms with van der Waals surface area (Å²) in [5.74, 6) is -2.65. The number of benzene rings is 2. The molecule has 0 radical (unpaired) electrons. The van der Waals surface area contributed by atoms with E-state index in [9.17, 15) is 26.8 Å². The molecule has 4 rings (SSSR count). The number of nitrogens with one attached hydrogen (secondary N) is 1. The predicted octanol–water partition coefficient (Wildman–Crippen LogP) is 2.90. The van der Waals surface area contributed by atoms with E-state index in [1.165, 1.54) is 4.90 Å². The Balaban J connectivity index is 1.30. The van der Waals surface area contributed by atoms with Gasteiger partial charge in [-0.2, -0.15) is 0 Å². The van der Waals surface area contributed by atoms with Crippen LogP contribution in [0.2, 0.25) is 0 Å². The lowest BCUT2D eigenvalue weighted by Gasteiger charge is -2.34. The molecule has 0 spiro atoms. The number of carbonyl (C=O) groups is 2. The van der Waals surface area contributed by atoms with Gasteiger partial charge < -0.3 is 15.1 Å². The molecule has 2 amide bonds. The molecule has 2 fully saturated rings. The largest absolute Gasteiger partial charge is 0.371 e. The van der Waals surface area contributed by atoms with Gasteiger partial charge in [0.1, 0.15) is 11.6 Å². The number of piperidine rings is 1. The Labute approximate surface area is 197 Å². The minimum Gasteiger partial charge on any atom is -0.371 e. The second-order valence-corrected chi connectivity index (χ2v) is 11.0. The van der Waals surface area contributed by atoms with Crippen molar-refractivity contribution in [1.29, 1.82) is 0 Å². The van der Waals surface area contributed by atoms with E-state index < -0.39 is 27.4 Å². The zero-order chi connectivity index (χ0) is 24.5. The van der Waals surface area contributed by atoms with Crippen molar-refractivity contribution in [2.24, 2.45) is 5.92 Å². The maximum atomic E-state index is 13.5. The van der Waals surface area contributed by atoms with Crippen LogP contribution in [-0.2, 0) is 19.4 Å². The minimum absolute atomic E-state index is 0.00414. The smallest absolute Gasteiger partial charge is 0.227 e. The van der Waals surface area contributed by atoms with E-state index in [2.05, 4.69) is 10.2 Å². The van der Waals surface area contributed by atoms with E-state index in [0.717, 1.165) is 23.9 Å². The van der Waals surface area contributed by atoms with Gasteiger partial charge in [-0.1, -0.05) is 6.92 Å². The number of hydrogen-bond acceptors (Lipinski definition) is 5. The number of hydrogen-bond donors (Lipinski definition) is 1. The van der Waals surface area contributed by atoms with Gasteiger partial charge in [-0.15, -0.1) is 0 Å². The molecule has 1 atom stereocenters. The molecule has 1 N–H and O–H groups in total. The fraction of sp³-hybridized carbons (Fsp3) is 0.417. The molecule has 1 unspecified atom stereocenters. The minimum atomic E-state index is -3.24. The standard InChI is InChI=1S/C24H27F2N3O4S/c1-2-34(32,33)22-5-3-20(4-6-22)28-9-7-19(8-10-28)27-24(31)16-11-23(30)29(15-16)21-13-17(25)12-18(26)14-21/h3-6,12-14,16,19H,2,7-11,15H2,1H3,(H,27,31). The first-order valence-corrected chi connectivity index (χ1v) is 13.0. The van der Waals surface area contributed by atoms with E-state index in [-0.39, 0.29) is 42.3 Å². The van der Waals surface area contributed by atoms with E-state index in [1.807, 2.05) is 0 Å². The van der Waals surface area contributed by atoms with Gasteiger partial charge in [-0.05, 0) is 49.2 Å². The molecule has 7 nitrogen and oxygen atoms in total. The summed E-state index contributed by atoms with van der Waals surface area (Å²) >= 11 is 0. The SMILES string of the molecule is CCS(=O)(=O)c1ccc(N2CCC(NC(=O)C3CC(=O)N(c4cc(F)cc(F)c4)C3)CC2)cc1. The zero-order valence-electron chi connectivity index (χ0n) is 18.8. The first-order valence-electron chi connectivity index (χ1n) is 11.3. The number of anilines is 2. The predicted molar refractivity (Wildman–Crippen MR) is 124 cm³/mol. The molecule has 2 aliphatic rings. The van der Waals surface area contributed by atoms with Crippen molar-refractivity contribution >= 4 is 33.0 Å². The van der Waals surface area contributed by atoms with Crippen LogP contribution in [0.5, 0.6) is 0 Å². The summed E-state index contributed by atoms with van der Waals surface area (Å²) in [6, 6.07) is 9.71. The number of amides is 2. The van der Waals surface area contributed by atoms with Crippen LogP contribution >= 0.6 is 0 Å². The van der Waals surface area contributed by atoms with Crippen LogP contribution in [0.25, 0.3) is 0 Å². The van der Waals surface area contributed by atoms with Crippen molar-refractivity contribution in [2.75, 3.05) is 35.2 Å². The summed E-state index contributed by atoms with van der Waals surface area (Å²) in [6.45, 7) is 3.09. The highest BCUT2D eigenvalue weighted by Crippen LogP contribution is 2.28.